The normalized spacial score (nSPS) is 14.0. The molecule has 22 heavy (non-hydrogen) atoms. The Hall–Kier alpha value is -2.14. The number of nitrogens with one attached hydrogen (secondary N) is 1. The quantitative estimate of drug-likeness (QED) is 0.805. The first-order valence-corrected chi connectivity index (χ1v) is 8.49. The fraction of sp³-hybridized carbons (Fsp3) is 0.294. The minimum atomic E-state index is 0.00438. The number of rotatable bonds is 3. The first kappa shape index (κ1) is 13.5. The summed E-state index contributed by atoms with van der Waals surface area (Å²) in [7, 11) is 0. The maximum Gasteiger partial charge on any atom is 0.230 e. The van der Waals surface area contributed by atoms with E-state index in [1.165, 1.54) is 24.0 Å². The minimum absolute atomic E-state index is 0.00438. The van der Waals surface area contributed by atoms with Gasteiger partial charge in [-0.15, -0.1) is 11.3 Å². The highest BCUT2D eigenvalue weighted by Gasteiger charge is 2.15. The Balaban J connectivity index is 1.51. The molecule has 2 heterocycles. The van der Waals surface area contributed by atoms with E-state index in [4.69, 9.17) is 0 Å². The number of hydrogen-bond donors (Lipinski definition) is 1. The topological polar surface area (TPSA) is 46.4 Å². The smallest absolute Gasteiger partial charge is 0.230 e. The van der Waals surface area contributed by atoms with E-state index in [1.807, 2.05) is 34.3 Å². The van der Waals surface area contributed by atoms with E-state index in [0.29, 0.717) is 6.42 Å². The number of fused-ring (bicyclic) bond motifs is 2. The van der Waals surface area contributed by atoms with Gasteiger partial charge in [0.2, 0.25) is 5.91 Å². The van der Waals surface area contributed by atoms with Gasteiger partial charge >= 0.3 is 0 Å². The summed E-state index contributed by atoms with van der Waals surface area (Å²) >= 11 is 1.58. The molecular formula is C17H17N3OS. The third-order valence-corrected chi connectivity index (χ3v) is 4.93. The lowest BCUT2D eigenvalue weighted by atomic mass is 9.90. The van der Waals surface area contributed by atoms with Crippen molar-refractivity contribution in [3.63, 3.8) is 0 Å². The first-order chi connectivity index (χ1) is 10.8. The fourth-order valence-corrected chi connectivity index (χ4v) is 3.84. The summed E-state index contributed by atoms with van der Waals surface area (Å²) in [5.74, 6) is 0.00438. The van der Waals surface area contributed by atoms with E-state index in [1.54, 1.807) is 11.3 Å². The first-order valence-electron chi connectivity index (χ1n) is 7.61. The van der Waals surface area contributed by atoms with E-state index < -0.39 is 0 Å². The third-order valence-electron chi connectivity index (χ3n) is 4.15. The molecule has 0 saturated heterocycles. The Morgan fingerprint density at radius 1 is 1.32 bits per heavy atom. The van der Waals surface area contributed by atoms with Crippen LogP contribution in [0.4, 0.5) is 5.69 Å². The Labute approximate surface area is 132 Å². The number of aromatic nitrogens is 2. The molecule has 1 N–H and O–H groups in total. The van der Waals surface area contributed by atoms with Crippen molar-refractivity contribution in [3.05, 3.63) is 52.8 Å². The molecule has 1 aliphatic carbocycles. The van der Waals surface area contributed by atoms with Crippen LogP contribution < -0.4 is 5.32 Å². The number of aryl methyl sites for hydroxylation is 1. The molecule has 0 aliphatic heterocycles. The van der Waals surface area contributed by atoms with Gasteiger partial charge in [-0.05, 0) is 42.9 Å². The highest BCUT2D eigenvalue weighted by molar-refractivity contribution is 7.15. The van der Waals surface area contributed by atoms with Gasteiger partial charge < -0.3 is 5.32 Å². The number of nitrogens with zero attached hydrogens (tertiary/aromatic N) is 2. The summed E-state index contributed by atoms with van der Waals surface area (Å²) in [4.78, 5) is 17.7. The molecule has 0 radical (unpaired) electrons. The maximum atomic E-state index is 12.3. The average molecular weight is 311 g/mol. The summed E-state index contributed by atoms with van der Waals surface area (Å²) in [5, 5.41) is 5.06. The fourth-order valence-electron chi connectivity index (χ4n) is 3.12. The molecule has 0 atom stereocenters. The lowest BCUT2D eigenvalue weighted by Crippen LogP contribution is -2.17. The maximum absolute atomic E-state index is 12.3. The van der Waals surface area contributed by atoms with Crippen molar-refractivity contribution in [3.8, 4) is 0 Å². The van der Waals surface area contributed by atoms with Gasteiger partial charge in [0.15, 0.2) is 4.96 Å². The number of benzene rings is 1. The number of imidazole rings is 1. The van der Waals surface area contributed by atoms with Crippen LogP contribution in [0.3, 0.4) is 0 Å². The van der Waals surface area contributed by atoms with Gasteiger partial charge in [-0.2, -0.15) is 0 Å². The van der Waals surface area contributed by atoms with E-state index in [2.05, 4.69) is 16.4 Å². The zero-order valence-electron chi connectivity index (χ0n) is 12.2. The van der Waals surface area contributed by atoms with E-state index in [9.17, 15) is 4.79 Å². The van der Waals surface area contributed by atoms with Gasteiger partial charge in [0, 0.05) is 23.5 Å². The van der Waals surface area contributed by atoms with Gasteiger partial charge in [-0.1, -0.05) is 12.1 Å². The lowest BCUT2D eigenvalue weighted by molar-refractivity contribution is -0.115. The summed E-state index contributed by atoms with van der Waals surface area (Å²) in [6.07, 6.45) is 8.83. The van der Waals surface area contributed by atoms with Crippen molar-refractivity contribution in [2.24, 2.45) is 0 Å². The van der Waals surface area contributed by atoms with Crippen molar-refractivity contribution in [1.82, 2.24) is 9.38 Å². The Morgan fingerprint density at radius 3 is 3.14 bits per heavy atom. The van der Waals surface area contributed by atoms with E-state index >= 15 is 0 Å². The highest BCUT2D eigenvalue weighted by atomic mass is 32.1. The monoisotopic (exact) mass is 311 g/mol. The van der Waals surface area contributed by atoms with Crippen LogP contribution in [0.1, 0.15) is 29.7 Å². The standard InChI is InChI=1S/C17H17N3OS/c21-16(10-13-11-20-8-9-22-17(20)18-13)19-15-7-3-5-12-4-1-2-6-14(12)15/h3,5,7-9,11H,1-2,4,6,10H2,(H,19,21). The second-order valence-electron chi connectivity index (χ2n) is 5.70. The van der Waals surface area contributed by atoms with Crippen molar-refractivity contribution >= 4 is 27.9 Å². The molecule has 4 nitrogen and oxygen atoms in total. The zero-order chi connectivity index (χ0) is 14.9. The van der Waals surface area contributed by atoms with Crippen LogP contribution >= 0.6 is 11.3 Å². The Bertz CT molecular complexity index is 805. The number of carbonyl (C=O) groups excluding carboxylic acids is 1. The Morgan fingerprint density at radius 2 is 2.23 bits per heavy atom. The number of anilines is 1. The molecule has 0 fully saturated rings. The number of amides is 1. The molecule has 0 saturated carbocycles. The SMILES string of the molecule is O=C(Cc1cn2ccsc2n1)Nc1cccc2c1CCCC2. The van der Waals surface area contributed by atoms with Gasteiger partial charge in [-0.25, -0.2) is 4.98 Å². The molecule has 1 amide bonds. The second-order valence-corrected chi connectivity index (χ2v) is 6.57. The van der Waals surface area contributed by atoms with E-state index in [0.717, 1.165) is 29.2 Å². The summed E-state index contributed by atoms with van der Waals surface area (Å²) in [6.45, 7) is 0. The van der Waals surface area contributed by atoms with Crippen molar-refractivity contribution in [1.29, 1.82) is 0 Å². The van der Waals surface area contributed by atoms with Gasteiger partial charge in [-0.3, -0.25) is 9.20 Å². The van der Waals surface area contributed by atoms with Crippen LogP contribution in [0.5, 0.6) is 0 Å². The third kappa shape index (κ3) is 2.52. The van der Waals surface area contributed by atoms with Crippen LogP contribution in [-0.2, 0) is 24.1 Å². The summed E-state index contributed by atoms with van der Waals surface area (Å²) in [5.41, 5.74) is 4.48. The molecule has 3 aromatic rings. The predicted molar refractivity (Wildman–Crippen MR) is 88.5 cm³/mol. The molecule has 0 spiro atoms. The lowest BCUT2D eigenvalue weighted by Gasteiger charge is -2.19. The molecular weight excluding hydrogens is 294 g/mol. The number of thiazole rings is 1. The highest BCUT2D eigenvalue weighted by Crippen LogP contribution is 2.27. The molecule has 1 aromatic carbocycles. The number of hydrogen-bond acceptors (Lipinski definition) is 3. The van der Waals surface area contributed by atoms with Crippen molar-refractivity contribution in [2.75, 3.05) is 5.32 Å². The van der Waals surface area contributed by atoms with Gasteiger partial charge in [0.25, 0.3) is 0 Å². The van der Waals surface area contributed by atoms with Crippen LogP contribution in [-0.4, -0.2) is 15.3 Å². The van der Waals surface area contributed by atoms with Crippen molar-refractivity contribution < 1.29 is 4.79 Å². The predicted octanol–water partition coefficient (Wildman–Crippen LogP) is 3.46. The molecule has 1 aliphatic rings. The van der Waals surface area contributed by atoms with Crippen LogP contribution in [0.25, 0.3) is 4.96 Å². The summed E-state index contributed by atoms with van der Waals surface area (Å²) in [6, 6.07) is 6.22. The van der Waals surface area contributed by atoms with E-state index in [-0.39, 0.29) is 5.91 Å². The molecule has 5 heteroatoms. The van der Waals surface area contributed by atoms with Crippen LogP contribution in [0, 0.1) is 0 Å². The van der Waals surface area contributed by atoms with Gasteiger partial charge in [0.05, 0.1) is 12.1 Å². The van der Waals surface area contributed by atoms with Crippen LogP contribution in [0.2, 0.25) is 0 Å². The average Bonchev–Trinajstić information content (AvgIpc) is 3.09. The minimum Gasteiger partial charge on any atom is -0.325 e. The Kier molecular flexibility index (Phi) is 3.42. The number of carbonyl (C=O) groups is 1. The second kappa shape index (κ2) is 5.57. The molecule has 0 bridgehead atoms. The van der Waals surface area contributed by atoms with Crippen molar-refractivity contribution in [2.45, 2.75) is 32.1 Å². The van der Waals surface area contributed by atoms with Crippen LogP contribution in [0.15, 0.2) is 36.0 Å². The zero-order valence-corrected chi connectivity index (χ0v) is 13.0. The molecule has 4 rings (SSSR count). The molecule has 2 aromatic heterocycles. The summed E-state index contributed by atoms with van der Waals surface area (Å²) < 4.78 is 1.96. The largest absolute Gasteiger partial charge is 0.325 e. The molecule has 112 valence electrons. The van der Waals surface area contributed by atoms with Gasteiger partial charge in [0.1, 0.15) is 0 Å². The molecule has 0 unspecified atom stereocenters.